The topological polar surface area (TPSA) is 46.2 Å². The molecular weight excluding hydrogens is 274 g/mol. The lowest BCUT2D eigenvalue weighted by molar-refractivity contribution is -0.136. The summed E-state index contributed by atoms with van der Waals surface area (Å²) in [5, 5.41) is 3.13. The van der Waals surface area contributed by atoms with Gasteiger partial charge >= 0.3 is 0 Å². The van der Waals surface area contributed by atoms with Gasteiger partial charge in [0.05, 0.1) is 11.5 Å². The Labute approximate surface area is 130 Å². The van der Waals surface area contributed by atoms with E-state index in [0.29, 0.717) is 0 Å². The maximum Gasteiger partial charge on any atom is 0.231 e. The van der Waals surface area contributed by atoms with Crippen LogP contribution >= 0.6 is 0 Å². The predicted octanol–water partition coefficient (Wildman–Crippen LogP) is 2.81. The van der Waals surface area contributed by atoms with Crippen LogP contribution in [0.3, 0.4) is 0 Å². The van der Waals surface area contributed by atoms with E-state index in [2.05, 4.69) is 17.5 Å². The Bertz CT molecular complexity index is 691. The number of allylic oxidation sites excluding steroid dienone is 3. The molecule has 4 rings (SSSR count). The largest absolute Gasteiger partial charge is 0.349 e. The fourth-order valence-electron chi connectivity index (χ4n) is 4.44. The van der Waals surface area contributed by atoms with Crippen LogP contribution in [0, 0.1) is 23.2 Å². The molecule has 0 aromatic heterocycles. The molecule has 0 spiro atoms. The second-order valence-corrected chi connectivity index (χ2v) is 6.64. The number of fused-ring (bicyclic) bond motifs is 5. The smallest absolute Gasteiger partial charge is 0.231 e. The number of hydrogen-bond acceptors (Lipinski definition) is 2. The maximum atomic E-state index is 13.0. The standard InChI is InChI=1S/C19H19NO2/c1-12(13-5-3-2-4-6-13)20-18(22)19-10-9-16(21)17(19)14-7-8-15(19)11-14/h2-10,12,14-15,17H,11H2,1H3,(H,20,22)/t12-,14-,15-,17+,19+/m0/s1. The van der Waals surface area contributed by atoms with E-state index >= 15 is 0 Å². The highest BCUT2D eigenvalue weighted by molar-refractivity contribution is 6.04. The fourth-order valence-corrected chi connectivity index (χ4v) is 4.44. The molecule has 1 amide bonds. The van der Waals surface area contributed by atoms with Gasteiger partial charge in [-0.2, -0.15) is 0 Å². The molecule has 1 aromatic carbocycles. The van der Waals surface area contributed by atoms with Crippen LogP contribution in [0.2, 0.25) is 0 Å². The second kappa shape index (κ2) is 4.67. The number of nitrogens with one attached hydrogen (secondary N) is 1. The predicted molar refractivity (Wildman–Crippen MR) is 83.8 cm³/mol. The van der Waals surface area contributed by atoms with Crippen molar-refractivity contribution in [3.8, 4) is 0 Å². The third-order valence-electron chi connectivity index (χ3n) is 5.54. The number of carbonyl (C=O) groups is 2. The summed E-state index contributed by atoms with van der Waals surface area (Å²) in [6.07, 6.45) is 8.64. The van der Waals surface area contributed by atoms with E-state index in [4.69, 9.17) is 0 Å². The van der Waals surface area contributed by atoms with Crippen molar-refractivity contribution in [2.45, 2.75) is 19.4 Å². The minimum absolute atomic E-state index is 0.00666. The van der Waals surface area contributed by atoms with Crippen LogP contribution in [0.25, 0.3) is 0 Å². The Morgan fingerprint density at radius 2 is 2.05 bits per heavy atom. The van der Waals surface area contributed by atoms with Gasteiger partial charge < -0.3 is 5.32 Å². The van der Waals surface area contributed by atoms with Gasteiger partial charge in [-0.3, -0.25) is 9.59 Å². The molecule has 0 saturated heterocycles. The molecular formula is C19H19NO2. The molecule has 0 unspecified atom stereocenters. The average Bonchev–Trinajstić information content (AvgIpc) is 3.21. The first-order chi connectivity index (χ1) is 10.6. The molecule has 1 N–H and O–H groups in total. The van der Waals surface area contributed by atoms with Crippen molar-refractivity contribution in [1.29, 1.82) is 0 Å². The molecule has 5 atom stereocenters. The summed E-state index contributed by atoms with van der Waals surface area (Å²) >= 11 is 0. The van der Waals surface area contributed by atoms with Crippen LogP contribution in [0.4, 0.5) is 0 Å². The molecule has 2 bridgehead atoms. The van der Waals surface area contributed by atoms with Crippen LogP contribution in [-0.2, 0) is 9.59 Å². The summed E-state index contributed by atoms with van der Waals surface area (Å²) < 4.78 is 0. The molecule has 22 heavy (non-hydrogen) atoms. The van der Waals surface area contributed by atoms with Gasteiger partial charge in [0.2, 0.25) is 5.91 Å². The van der Waals surface area contributed by atoms with Crippen molar-refractivity contribution in [1.82, 2.24) is 5.32 Å². The Hall–Kier alpha value is -2.16. The SMILES string of the molecule is C[C@H](NC(=O)[C@@]12C=CC(=O)[C@H]1[C@H]1C=C[C@H]2C1)c1ccccc1. The van der Waals surface area contributed by atoms with Crippen LogP contribution in [0.1, 0.15) is 24.9 Å². The van der Waals surface area contributed by atoms with Crippen LogP contribution in [0.5, 0.6) is 0 Å². The maximum absolute atomic E-state index is 13.0. The summed E-state index contributed by atoms with van der Waals surface area (Å²) in [5.41, 5.74) is 0.426. The molecule has 1 aromatic rings. The first-order valence-electron chi connectivity index (χ1n) is 7.90. The van der Waals surface area contributed by atoms with E-state index < -0.39 is 5.41 Å². The van der Waals surface area contributed by atoms with E-state index in [1.54, 1.807) is 6.08 Å². The van der Waals surface area contributed by atoms with Crippen molar-refractivity contribution in [2.75, 3.05) is 0 Å². The van der Waals surface area contributed by atoms with E-state index in [9.17, 15) is 9.59 Å². The van der Waals surface area contributed by atoms with E-state index in [-0.39, 0.29) is 35.5 Å². The van der Waals surface area contributed by atoms with Crippen molar-refractivity contribution in [2.24, 2.45) is 23.2 Å². The summed E-state index contributed by atoms with van der Waals surface area (Å²) in [4.78, 5) is 25.2. The first-order valence-corrected chi connectivity index (χ1v) is 7.90. The summed E-state index contributed by atoms with van der Waals surface area (Å²) in [6.45, 7) is 1.99. The minimum Gasteiger partial charge on any atom is -0.349 e. The van der Waals surface area contributed by atoms with E-state index in [1.165, 1.54) is 0 Å². The zero-order chi connectivity index (χ0) is 15.3. The molecule has 0 aliphatic heterocycles. The van der Waals surface area contributed by atoms with Crippen LogP contribution < -0.4 is 5.32 Å². The Balaban J connectivity index is 1.61. The lowest BCUT2D eigenvalue weighted by Gasteiger charge is -2.34. The van der Waals surface area contributed by atoms with Gasteiger partial charge in [-0.25, -0.2) is 0 Å². The zero-order valence-electron chi connectivity index (χ0n) is 12.5. The number of carbonyl (C=O) groups excluding carboxylic acids is 2. The second-order valence-electron chi connectivity index (χ2n) is 6.64. The van der Waals surface area contributed by atoms with Gasteiger partial charge in [-0.1, -0.05) is 48.6 Å². The van der Waals surface area contributed by atoms with E-state index in [0.717, 1.165) is 12.0 Å². The van der Waals surface area contributed by atoms with Gasteiger partial charge in [0.25, 0.3) is 0 Å². The summed E-state index contributed by atoms with van der Waals surface area (Å²) in [7, 11) is 0. The average molecular weight is 293 g/mol. The Morgan fingerprint density at radius 3 is 2.82 bits per heavy atom. The van der Waals surface area contributed by atoms with Gasteiger partial charge in [0, 0.05) is 5.92 Å². The summed E-state index contributed by atoms with van der Waals surface area (Å²) in [6, 6.07) is 9.87. The van der Waals surface area contributed by atoms with Gasteiger partial charge in [-0.05, 0) is 36.8 Å². The summed E-state index contributed by atoms with van der Waals surface area (Å²) in [5.74, 6) is 0.302. The molecule has 0 radical (unpaired) electrons. The normalized spacial score (nSPS) is 35.7. The van der Waals surface area contributed by atoms with Crippen molar-refractivity contribution in [3.05, 3.63) is 60.2 Å². The third-order valence-corrected chi connectivity index (χ3v) is 5.54. The monoisotopic (exact) mass is 293 g/mol. The number of rotatable bonds is 3. The van der Waals surface area contributed by atoms with Crippen molar-refractivity contribution >= 4 is 11.7 Å². The highest BCUT2D eigenvalue weighted by Gasteiger charge is 2.63. The van der Waals surface area contributed by atoms with Gasteiger partial charge in [0.15, 0.2) is 5.78 Å². The lowest BCUT2D eigenvalue weighted by atomic mass is 9.69. The number of hydrogen-bond donors (Lipinski definition) is 1. The molecule has 112 valence electrons. The Morgan fingerprint density at radius 1 is 1.27 bits per heavy atom. The molecule has 3 aliphatic rings. The van der Waals surface area contributed by atoms with Crippen LogP contribution in [0.15, 0.2) is 54.6 Å². The van der Waals surface area contributed by atoms with Crippen molar-refractivity contribution in [3.63, 3.8) is 0 Å². The van der Waals surface area contributed by atoms with E-state index in [1.807, 2.05) is 43.3 Å². The fraction of sp³-hybridized carbons (Fsp3) is 0.368. The third kappa shape index (κ3) is 1.68. The molecule has 3 nitrogen and oxygen atoms in total. The highest BCUT2D eigenvalue weighted by atomic mass is 16.2. The molecule has 3 heteroatoms. The number of benzene rings is 1. The minimum atomic E-state index is -0.653. The quantitative estimate of drug-likeness (QED) is 0.871. The van der Waals surface area contributed by atoms with Gasteiger partial charge in [-0.15, -0.1) is 0 Å². The van der Waals surface area contributed by atoms with Gasteiger partial charge in [0.1, 0.15) is 0 Å². The molecule has 1 fully saturated rings. The molecule has 3 aliphatic carbocycles. The first kappa shape index (κ1) is 13.5. The molecule has 1 saturated carbocycles. The van der Waals surface area contributed by atoms with Crippen LogP contribution in [-0.4, -0.2) is 11.7 Å². The van der Waals surface area contributed by atoms with Crippen molar-refractivity contribution < 1.29 is 9.59 Å². The Kier molecular flexibility index (Phi) is 2.86. The number of ketones is 1. The zero-order valence-corrected chi connectivity index (χ0v) is 12.5. The number of amides is 1. The lowest BCUT2D eigenvalue weighted by Crippen LogP contribution is -2.47. The molecule has 0 heterocycles. The highest BCUT2D eigenvalue weighted by Crippen LogP contribution is 2.60.